The van der Waals surface area contributed by atoms with E-state index in [4.69, 9.17) is 9.47 Å². The number of ether oxygens (including phenoxy) is 2. The maximum atomic E-state index is 6.01. The zero-order valence-corrected chi connectivity index (χ0v) is 8.70. The molecule has 0 saturated carbocycles. The van der Waals surface area contributed by atoms with Gasteiger partial charge in [0, 0.05) is 5.57 Å². The molecule has 2 heteroatoms. The van der Waals surface area contributed by atoms with Crippen molar-refractivity contribution < 1.29 is 9.47 Å². The minimum Gasteiger partial charge on any atom is -0.476 e. The first kappa shape index (κ1) is 8.30. The van der Waals surface area contributed by atoms with Crippen LogP contribution in [0.15, 0.2) is 35.6 Å². The Kier molecular flexibility index (Phi) is 1.27. The van der Waals surface area contributed by atoms with Crippen LogP contribution in [0, 0.1) is 0 Å². The molecule has 2 unspecified atom stereocenters. The topological polar surface area (TPSA) is 21.8 Å². The second kappa shape index (κ2) is 2.14. The van der Waals surface area contributed by atoms with Crippen molar-refractivity contribution in [2.45, 2.75) is 38.1 Å². The summed E-state index contributed by atoms with van der Waals surface area (Å²) in [6.07, 6.45) is 8.30. The van der Waals surface area contributed by atoms with E-state index in [0.717, 1.165) is 5.76 Å². The van der Waals surface area contributed by atoms with Crippen LogP contribution >= 0.6 is 0 Å². The van der Waals surface area contributed by atoms with E-state index in [9.17, 15) is 0 Å². The Morgan fingerprint density at radius 3 is 2.79 bits per heavy atom. The van der Waals surface area contributed by atoms with Gasteiger partial charge in [-0.15, -0.1) is 0 Å². The summed E-state index contributed by atoms with van der Waals surface area (Å²) in [7, 11) is 0. The lowest BCUT2D eigenvalue weighted by Gasteiger charge is -2.35. The van der Waals surface area contributed by atoms with Crippen molar-refractivity contribution in [3.63, 3.8) is 0 Å². The summed E-state index contributed by atoms with van der Waals surface area (Å²) in [5.74, 6) is 1.11. The number of epoxide rings is 1. The predicted octanol–water partition coefficient (Wildman–Crippen LogP) is 2.33. The second-order valence-corrected chi connectivity index (χ2v) is 4.71. The van der Waals surface area contributed by atoms with Crippen molar-refractivity contribution in [2.75, 3.05) is 0 Å². The van der Waals surface area contributed by atoms with Crippen molar-refractivity contribution in [1.29, 1.82) is 0 Å². The number of fused-ring (bicyclic) bond motifs is 2. The molecule has 2 atom stereocenters. The van der Waals surface area contributed by atoms with Crippen LogP contribution in [0.4, 0.5) is 0 Å². The third kappa shape index (κ3) is 0.800. The van der Waals surface area contributed by atoms with Gasteiger partial charge in [0.2, 0.25) is 0 Å². The molecule has 2 heterocycles. The summed E-state index contributed by atoms with van der Waals surface area (Å²) in [4.78, 5) is 0. The van der Waals surface area contributed by atoms with E-state index in [-0.39, 0.29) is 17.3 Å². The van der Waals surface area contributed by atoms with Crippen molar-refractivity contribution >= 4 is 0 Å². The normalized spacial score (nSPS) is 41.5. The molecule has 0 aromatic rings. The van der Waals surface area contributed by atoms with Gasteiger partial charge in [0.05, 0.1) is 0 Å². The van der Waals surface area contributed by atoms with Gasteiger partial charge in [-0.05, 0) is 20.8 Å². The van der Waals surface area contributed by atoms with Gasteiger partial charge in [-0.25, -0.2) is 0 Å². The molecule has 0 radical (unpaired) electrons. The fourth-order valence-electron chi connectivity index (χ4n) is 2.17. The maximum Gasteiger partial charge on any atom is 0.191 e. The number of rotatable bonds is 0. The average Bonchev–Trinajstić information content (AvgIpc) is 2.80. The third-order valence-corrected chi connectivity index (χ3v) is 3.51. The van der Waals surface area contributed by atoms with E-state index in [1.165, 1.54) is 5.57 Å². The van der Waals surface area contributed by atoms with Gasteiger partial charge in [0.15, 0.2) is 11.4 Å². The summed E-state index contributed by atoms with van der Waals surface area (Å²) in [6.45, 7) is 6.27. The molecule has 0 bridgehead atoms. The van der Waals surface area contributed by atoms with Crippen LogP contribution in [-0.4, -0.2) is 17.3 Å². The SMILES string of the molecule is CC1(C)OC2C=CC=CC2=C2OC21C. The average molecular weight is 190 g/mol. The highest BCUT2D eigenvalue weighted by atomic mass is 16.6. The molecule has 2 nitrogen and oxygen atoms in total. The van der Waals surface area contributed by atoms with Crippen molar-refractivity contribution in [2.24, 2.45) is 0 Å². The second-order valence-electron chi connectivity index (χ2n) is 4.71. The van der Waals surface area contributed by atoms with Gasteiger partial charge in [-0.2, -0.15) is 0 Å². The van der Waals surface area contributed by atoms with Gasteiger partial charge >= 0.3 is 0 Å². The molecule has 0 amide bonds. The lowest BCUT2D eigenvalue weighted by molar-refractivity contribution is -0.0841. The standard InChI is InChI=1S/C12H14O2/c1-11(2)12(3)10(14-12)8-6-4-5-7-9(8)13-11/h4-7,9H,1-3H3. The number of hydrogen-bond acceptors (Lipinski definition) is 2. The molecular formula is C12H14O2. The molecule has 3 rings (SSSR count). The number of hydrogen-bond donors (Lipinski definition) is 0. The van der Waals surface area contributed by atoms with E-state index in [0.29, 0.717) is 0 Å². The van der Waals surface area contributed by atoms with E-state index >= 15 is 0 Å². The summed E-state index contributed by atoms with van der Waals surface area (Å²) < 4.78 is 11.7. The fourth-order valence-corrected chi connectivity index (χ4v) is 2.17. The Labute approximate surface area is 83.9 Å². The molecular weight excluding hydrogens is 176 g/mol. The molecule has 3 aliphatic rings. The Morgan fingerprint density at radius 1 is 1.21 bits per heavy atom. The highest BCUT2D eigenvalue weighted by Gasteiger charge is 2.65. The summed E-state index contributed by atoms with van der Waals surface area (Å²) in [5, 5.41) is 0. The molecule has 2 aliphatic heterocycles. The highest BCUT2D eigenvalue weighted by Crippen LogP contribution is 2.56. The highest BCUT2D eigenvalue weighted by molar-refractivity contribution is 5.48. The Balaban J connectivity index is 2.13. The van der Waals surface area contributed by atoms with Crippen molar-refractivity contribution in [3.8, 4) is 0 Å². The van der Waals surface area contributed by atoms with Crippen LogP contribution in [-0.2, 0) is 9.47 Å². The van der Waals surface area contributed by atoms with Crippen LogP contribution < -0.4 is 0 Å². The van der Waals surface area contributed by atoms with Crippen LogP contribution in [0.5, 0.6) is 0 Å². The molecule has 0 aromatic heterocycles. The smallest absolute Gasteiger partial charge is 0.191 e. The largest absolute Gasteiger partial charge is 0.476 e. The molecule has 1 aliphatic carbocycles. The zero-order chi connectivity index (χ0) is 9.97. The summed E-state index contributed by atoms with van der Waals surface area (Å²) in [6, 6.07) is 0. The monoisotopic (exact) mass is 190 g/mol. The van der Waals surface area contributed by atoms with E-state index < -0.39 is 0 Å². The third-order valence-electron chi connectivity index (χ3n) is 3.51. The fraction of sp³-hybridized carbons (Fsp3) is 0.500. The minimum absolute atomic E-state index is 0.0839. The Bertz CT molecular complexity index is 387. The van der Waals surface area contributed by atoms with Gasteiger partial charge in [0.1, 0.15) is 11.7 Å². The number of allylic oxidation sites excluding steroid dienone is 2. The lowest BCUT2D eigenvalue weighted by Crippen LogP contribution is -2.45. The molecule has 74 valence electrons. The van der Waals surface area contributed by atoms with Gasteiger partial charge in [0.25, 0.3) is 0 Å². The Morgan fingerprint density at radius 2 is 2.00 bits per heavy atom. The molecule has 0 spiro atoms. The lowest BCUT2D eigenvalue weighted by atomic mass is 9.84. The van der Waals surface area contributed by atoms with Crippen molar-refractivity contribution in [3.05, 3.63) is 35.6 Å². The first-order chi connectivity index (χ1) is 6.55. The summed E-state index contributed by atoms with van der Waals surface area (Å²) in [5.41, 5.74) is 0.759. The maximum absolute atomic E-state index is 6.01. The van der Waals surface area contributed by atoms with E-state index in [1.807, 2.05) is 12.2 Å². The quantitative estimate of drug-likeness (QED) is 0.547. The minimum atomic E-state index is -0.230. The van der Waals surface area contributed by atoms with E-state index in [2.05, 4.69) is 32.9 Å². The van der Waals surface area contributed by atoms with E-state index in [1.54, 1.807) is 0 Å². The van der Waals surface area contributed by atoms with Crippen LogP contribution in [0.3, 0.4) is 0 Å². The van der Waals surface area contributed by atoms with Crippen LogP contribution in [0.25, 0.3) is 0 Å². The van der Waals surface area contributed by atoms with Gasteiger partial charge in [-0.1, -0.05) is 24.3 Å². The van der Waals surface area contributed by atoms with Gasteiger partial charge < -0.3 is 9.47 Å². The molecule has 1 saturated heterocycles. The van der Waals surface area contributed by atoms with Crippen LogP contribution in [0.2, 0.25) is 0 Å². The predicted molar refractivity (Wildman–Crippen MR) is 53.7 cm³/mol. The molecule has 1 fully saturated rings. The van der Waals surface area contributed by atoms with Gasteiger partial charge in [-0.3, -0.25) is 0 Å². The first-order valence-electron chi connectivity index (χ1n) is 5.01. The molecule has 0 aromatic carbocycles. The molecule has 0 N–H and O–H groups in total. The van der Waals surface area contributed by atoms with Crippen molar-refractivity contribution in [1.82, 2.24) is 0 Å². The summed E-state index contributed by atoms with van der Waals surface area (Å²) >= 11 is 0. The zero-order valence-electron chi connectivity index (χ0n) is 8.70. The molecule has 14 heavy (non-hydrogen) atoms. The van der Waals surface area contributed by atoms with Crippen LogP contribution in [0.1, 0.15) is 20.8 Å². The Hall–Kier alpha value is -1.02. The first-order valence-corrected chi connectivity index (χ1v) is 5.01.